The molecule has 112 valence electrons. The summed E-state index contributed by atoms with van der Waals surface area (Å²) >= 11 is 0. The summed E-state index contributed by atoms with van der Waals surface area (Å²) in [4.78, 5) is 4.61. The number of hydrogen-bond donors (Lipinski definition) is 2. The lowest BCUT2D eigenvalue weighted by molar-refractivity contribution is 0.860. The molecule has 0 fully saturated rings. The second-order valence-corrected chi connectivity index (χ2v) is 5.62. The minimum absolute atomic E-state index is 0.0730. The zero-order valence-corrected chi connectivity index (χ0v) is 12.6. The molecule has 0 bridgehead atoms. The van der Waals surface area contributed by atoms with Crippen LogP contribution >= 0.6 is 0 Å². The molecule has 1 aliphatic rings. The number of hydrogen-bond acceptors (Lipinski definition) is 3. The van der Waals surface area contributed by atoms with Crippen molar-refractivity contribution in [2.24, 2.45) is 10.7 Å². The van der Waals surface area contributed by atoms with Crippen molar-refractivity contribution in [3.63, 3.8) is 0 Å². The van der Waals surface area contributed by atoms with Crippen LogP contribution in [0.25, 0.3) is 11.1 Å². The number of guanidine groups is 1. The van der Waals surface area contributed by atoms with E-state index in [1.165, 1.54) is 11.1 Å². The predicted molar refractivity (Wildman–Crippen MR) is 95.4 cm³/mol. The van der Waals surface area contributed by atoms with Gasteiger partial charge in [-0.25, -0.2) is 4.99 Å². The third-order valence-corrected chi connectivity index (χ3v) is 4.10. The second kappa shape index (κ2) is 5.61. The lowest BCUT2D eigenvalue weighted by Crippen LogP contribution is -2.28. The maximum absolute atomic E-state index is 5.97. The third kappa shape index (κ3) is 2.57. The number of nitrogens with two attached hydrogens (primary N) is 1. The van der Waals surface area contributed by atoms with E-state index < -0.39 is 0 Å². The monoisotopic (exact) mass is 299 g/mol. The number of anilines is 1. The quantitative estimate of drug-likeness (QED) is 0.745. The van der Waals surface area contributed by atoms with Crippen LogP contribution in [0.1, 0.15) is 17.2 Å². The molecule has 3 nitrogen and oxygen atoms in total. The van der Waals surface area contributed by atoms with Gasteiger partial charge in [0.25, 0.3) is 0 Å². The van der Waals surface area contributed by atoms with Gasteiger partial charge in [0, 0.05) is 11.3 Å². The van der Waals surface area contributed by atoms with E-state index in [2.05, 4.69) is 64.9 Å². The average molecular weight is 299 g/mol. The van der Waals surface area contributed by atoms with E-state index in [0.717, 1.165) is 16.8 Å². The molecule has 4 rings (SSSR count). The summed E-state index contributed by atoms with van der Waals surface area (Å²) < 4.78 is 0. The Balaban J connectivity index is 1.84. The fourth-order valence-electron chi connectivity index (χ4n) is 2.98. The highest BCUT2D eigenvalue weighted by Crippen LogP contribution is 2.37. The van der Waals surface area contributed by atoms with Crippen LogP contribution in [0.3, 0.4) is 0 Å². The summed E-state index contributed by atoms with van der Waals surface area (Å²) in [5.74, 6) is 0.457. The lowest BCUT2D eigenvalue weighted by atomic mass is 9.93. The molecular formula is C20H17N3. The highest BCUT2D eigenvalue weighted by Gasteiger charge is 2.22. The summed E-state index contributed by atoms with van der Waals surface area (Å²) in [7, 11) is 0. The molecule has 3 aromatic carbocycles. The van der Waals surface area contributed by atoms with Gasteiger partial charge in [-0.05, 0) is 28.8 Å². The first-order valence-corrected chi connectivity index (χ1v) is 7.66. The number of nitrogens with one attached hydrogen (secondary N) is 1. The molecule has 0 spiro atoms. The van der Waals surface area contributed by atoms with Gasteiger partial charge in [0.15, 0.2) is 5.96 Å². The van der Waals surface area contributed by atoms with Crippen molar-refractivity contribution >= 4 is 11.6 Å². The van der Waals surface area contributed by atoms with Gasteiger partial charge in [-0.15, -0.1) is 0 Å². The Bertz CT molecular complexity index is 855. The number of nitrogens with zero attached hydrogens (tertiary/aromatic N) is 1. The molecule has 0 saturated carbocycles. The summed E-state index contributed by atoms with van der Waals surface area (Å²) in [5.41, 5.74) is 11.7. The Morgan fingerprint density at radius 1 is 0.783 bits per heavy atom. The van der Waals surface area contributed by atoms with Crippen LogP contribution in [-0.2, 0) is 0 Å². The molecule has 0 saturated heterocycles. The van der Waals surface area contributed by atoms with Gasteiger partial charge < -0.3 is 11.1 Å². The highest BCUT2D eigenvalue weighted by atomic mass is 15.1. The van der Waals surface area contributed by atoms with Crippen molar-refractivity contribution in [2.45, 2.75) is 6.04 Å². The molecular weight excluding hydrogens is 282 g/mol. The number of benzene rings is 3. The Morgan fingerprint density at radius 3 is 2.22 bits per heavy atom. The van der Waals surface area contributed by atoms with Crippen molar-refractivity contribution in [3.05, 3.63) is 90.0 Å². The van der Waals surface area contributed by atoms with Crippen molar-refractivity contribution in [1.82, 2.24) is 0 Å². The molecule has 1 atom stereocenters. The predicted octanol–water partition coefficient (Wildman–Crippen LogP) is 4.18. The molecule has 23 heavy (non-hydrogen) atoms. The average Bonchev–Trinajstić information content (AvgIpc) is 2.62. The van der Waals surface area contributed by atoms with Crippen LogP contribution in [0.4, 0.5) is 5.69 Å². The molecule has 3 heteroatoms. The van der Waals surface area contributed by atoms with E-state index >= 15 is 0 Å². The van der Waals surface area contributed by atoms with Crippen LogP contribution in [0, 0.1) is 0 Å². The summed E-state index contributed by atoms with van der Waals surface area (Å²) in [5, 5.41) is 3.17. The standard InChI is InChI=1S/C20H17N3/c21-20-22-18-12-11-16(14-7-3-1-4-8-14)13-17(18)19(23-20)15-9-5-2-6-10-15/h1-13,19H,(H3,21,22,23). The molecule has 3 N–H and O–H groups in total. The van der Waals surface area contributed by atoms with Crippen LogP contribution in [0.5, 0.6) is 0 Å². The van der Waals surface area contributed by atoms with Gasteiger partial charge in [-0.3, -0.25) is 0 Å². The minimum Gasteiger partial charge on any atom is -0.370 e. The first-order chi connectivity index (χ1) is 11.3. The van der Waals surface area contributed by atoms with E-state index in [-0.39, 0.29) is 6.04 Å². The molecule has 3 aromatic rings. The molecule has 1 aliphatic heterocycles. The zero-order valence-electron chi connectivity index (χ0n) is 12.6. The lowest BCUT2D eigenvalue weighted by Gasteiger charge is -2.24. The van der Waals surface area contributed by atoms with Gasteiger partial charge >= 0.3 is 0 Å². The van der Waals surface area contributed by atoms with Gasteiger partial charge in [0.2, 0.25) is 0 Å². The highest BCUT2D eigenvalue weighted by molar-refractivity contribution is 5.96. The first kappa shape index (κ1) is 13.6. The normalized spacial score (nSPS) is 16.2. The van der Waals surface area contributed by atoms with Crippen LogP contribution in [0.2, 0.25) is 0 Å². The van der Waals surface area contributed by atoms with Crippen molar-refractivity contribution in [1.29, 1.82) is 0 Å². The number of aliphatic imine (C=N–C) groups is 1. The molecule has 0 amide bonds. The van der Waals surface area contributed by atoms with Crippen LogP contribution in [-0.4, -0.2) is 5.96 Å². The van der Waals surface area contributed by atoms with Crippen LogP contribution in [0.15, 0.2) is 83.9 Å². The van der Waals surface area contributed by atoms with Crippen molar-refractivity contribution in [3.8, 4) is 11.1 Å². The molecule has 1 unspecified atom stereocenters. The van der Waals surface area contributed by atoms with E-state index in [1.54, 1.807) is 0 Å². The smallest absolute Gasteiger partial charge is 0.194 e. The van der Waals surface area contributed by atoms with E-state index in [0.29, 0.717) is 5.96 Å². The van der Waals surface area contributed by atoms with Crippen molar-refractivity contribution < 1.29 is 0 Å². The topological polar surface area (TPSA) is 50.4 Å². The molecule has 1 heterocycles. The summed E-state index contributed by atoms with van der Waals surface area (Å²) in [6, 6.07) is 26.9. The summed E-state index contributed by atoms with van der Waals surface area (Å²) in [6.45, 7) is 0. The SMILES string of the molecule is NC1=NC(c2ccccc2)c2cc(-c3ccccc3)ccc2N1. The number of fused-ring (bicyclic) bond motifs is 1. The first-order valence-electron chi connectivity index (χ1n) is 7.66. The fourth-order valence-corrected chi connectivity index (χ4v) is 2.98. The fraction of sp³-hybridized carbons (Fsp3) is 0.0500. The van der Waals surface area contributed by atoms with Crippen LogP contribution < -0.4 is 11.1 Å². The molecule has 0 radical (unpaired) electrons. The maximum atomic E-state index is 5.97. The number of rotatable bonds is 2. The third-order valence-electron chi connectivity index (χ3n) is 4.10. The maximum Gasteiger partial charge on any atom is 0.194 e. The van der Waals surface area contributed by atoms with Gasteiger partial charge in [-0.1, -0.05) is 66.7 Å². The van der Waals surface area contributed by atoms with Gasteiger partial charge in [0.1, 0.15) is 6.04 Å². The Labute approximate surface area is 135 Å². The van der Waals surface area contributed by atoms with Gasteiger partial charge in [-0.2, -0.15) is 0 Å². The van der Waals surface area contributed by atoms with E-state index in [4.69, 9.17) is 5.73 Å². The molecule has 0 aliphatic carbocycles. The Kier molecular flexibility index (Phi) is 3.31. The zero-order chi connectivity index (χ0) is 15.6. The summed E-state index contributed by atoms with van der Waals surface area (Å²) in [6.07, 6.45) is 0. The Hall–Kier alpha value is -3.07. The van der Waals surface area contributed by atoms with Crippen molar-refractivity contribution in [2.75, 3.05) is 5.32 Å². The molecule has 0 aromatic heterocycles. The second-order valence-electron chi connectivity index (χ2n) is 5.62. The largest absolute Gasteiger partial charge is 0.370 e. The minimum atomic E-state index is -0.0730. The van der Waals surface area contributed by atoms with E-state index in [1.807, 2.05) is 24.3 Å². The van der Waals surface area contributed by atoms with Gasteiger partial charge in [0.05, 0.1) is 0 Å². The Morgan fingerprint density at radius 2 is 1.48 bits per heavy atom. The van der Waals surface area contributed by atoms with E-state index in [9.17, 15) is 0 Å².